The van der Waals surface area contributed by atoms with Crippen molar-refractivity contribution in [1.82, 2.24) is 4.90 Å². The molecule has 1 N–H and O–H groups in total. The average Bonchev–Trinajstić information content (AvgIpc) is 2.29. The second-order valence-corrected chi connectivity index (χ2v) is 5.53. The van der Waals surface area contributed by atoms with Crippen LogP contribution in [-0.2, 0) is 0 Å². The second kappa shape index (κ2) is 6.52. The first-order chi connectivity index (χ1) is 8.81. The fraction of sp³-hybridized carbons (Fsp3) is 0.571. The Balaban J connectivity index is 2.99. The van der Waals surface area contributed by atoms with Gasteiger partial charge in [-0.3, -0.25) is 10.1 Å². The molecule has 1 aromatic rings. The van der Waals surface area contributed by atoms with E-state index in [-0.39, 0.29) is 16.7 Å². The van der Waals surface area contributed by atoms with E-state index in [4.69, 9.17) is 0 Å². The minimum absolute atomic E-state index is 0.143. The van der Waals surface area contributed by atoms with Gasteiger partial charge in [0.1, 0.15) is 5.69 Å². The van der Waals surface area contributed by atoms with Crippen LogP contribution in [0.25, 0.3) is 0 Å². The van der Waals surface area contributed by atoms with Crippen LogP contribution >= 0.6 is 0 Å². The van der Waals surface area contributed by atoms with E-state index in [1.807, 2.05) is 27.1 Å². The van der Waals surface area contributed by atoms with Crippen LogP contribution in [0.4, 0.5) is 11.4 Å². The molecular formula is C14H23N3O2. The molecule has 19 heavy (non-hydrogen) atoms. The van der Waals surface area contributed by atoms with Crippen molar-refractivity contribution in [3.05, 3.63) is 33.9 Å². The third-order valence-electron chi connectivity index (χ3n) is 3.06. The second-order valence-electron chi connectivity index (χ2n) is 5.53. The predicted octanol–water partition coefficient (Wildman–Crippen LogP) is 2.90. The number of benzene rings is 1. The van der Waals surface area contributed by atoms with Crippen molar-refractivity contribution in [3.63, 3.8) is 0 Å². The number of nitro benzene ring substituents is 1. The van der Waals surface area contributed by atoms with Gasteiger partial charge in [0, 0.05) is 18.7 Å². The Morgan fingerprint density at radius 2 is 2.00 bits per heavy atom. The van der Waals surface area contributed by atoms with Crippen molar-refractivity contribution in [2.75, 3.05) is 26.0 Å². The maximum atomic E-state index is 11.1. The largest absolute Gasteiger partial charge is 0.375 e. The van der Waals surface area contributed by atoms with Crippen molar-refractivity contribution in [1.29, 1.82) is 0 Å². The van der Waals surface area contributed by atoms with Crippen molar-refractivity contribution >= 4 is 11.4 Å². The number of nitro groups is 1. The highest BCUT2D eigenvalue weighted by atomic mass is 16.6. The predicted molar refractivity (Wildman–Crippen MR) is 78.6 cm³/mol. The monoisotopic (exact) mass is 265 g/mol. The van der Waals surface area contributed by atoms with Crippen molar-refractivity contribution in [3.8, 4) is 0 Å². The van der Waals surface area contributed by atoms with Gasteiger partial charge >= 0.3 is 0 Å². The lowest BCUT2D eigenvalue weighted by Crippen LogP contribution is -2.36. The molecule has 0 radical (unpaired) electrons. The number of hydrogen-bond donors (Lipinski definition) is 1. The molecule has 1 atom stereocenters. The molecule has 0 aliphatic heterocycles. The summed E-state index contributed by atoms with van der Waals surface area (Å²) in [5.74, 6) is 0.392. The summed E-state index contributed by atoms with van der Waals surface area (Å²) in [6.45, 7) is 6.92. The Morgan fingerprint density at radius 1 is 1.37 bits per heavy atom. The summed E-state index contributed by atoms with van der Waals surface area (Å²) in [5, 5.41) is 14.4. The normalized spacial score (nSPS) is 12.8. The molecule has 0 spiro atoms. The molecule has 0 bridgehead atoms. The molecule has 1 rings (SSSR count). The lowest BCUT2D eigenvalue weighted by Gasteiger charge is -2.26. The standard InChI is InChI=1S/C14H23N3O2/c1-10(2)13(9-16(4)5)15-12-7-6-11(3)8-14(12)17(18)19/h6-8,10,13,15H,9H2,1-5H3. The molecule has 0 heterocycles. The maximum absolute atomic E-state index is 11.1. The third kappa shape index (κ3) is 4.52. The molecule has 0 aliphatic rings. The number of nitrogens with zero attached hydrogens (tertiary/aromatic N) is 2. The van der Waals surface area contributed by atoms with E-state index >= 15 is 0 Å². The summed E-state index contributed by atoms with van der Waals surface area (Å²) < 4.78 is 0. The Morgan fingerprint density at radius 3 is 2.47 bits per heavy atom. The Kier molecular flexibility index (Phi) is 5.30. The number of hydrogen-bond acceptors (Lipinski definition) is 4. The van der Waals surface area contributed by atoms with Gasteiger partial charge in [-0.15, -0.1) is 0 Å². The van der Waals surface area contributed by atoms with Gasteiger partial charge in [-0.25, -0.2) is 0 Å². The van der Waals surface area contributed by atoms with E-state index in [0.29, 0.717) is 11.6 Å². The van der Waals surface area contributed by atoms with Crippen molar-refractivity contribution < 1.29 is 4.92 Å². The SMILES string of the molecule is Cc1ccc(NC(CN(C)C)C(C)C)c([N+](=O)[O-])c1. The molecule has 106 valence electrons. The first-order valence-corrected chi connectivity index (χ1v) is 6.47. The molecule has 0 saturated heterocycles. The van der Waals surface area contributed by atoms with Gasteiger partial charge < -0.3 is 10.2 Å². The molecule has 1 aromatic carbocycles. The van der Waals surface area contributed by atoms with Crippen LogP contribution in [-0.4, -0.2) is 36.5 Å². The Bertz CT molecular complexity index is 444. The topological polar surface area (TPSA) is 58.4 Å². The minimum Gasteiger partial charge on any atom is -0.375 e. The molecule has 5 heteroatoms. The van der Waals surface area contributed by atoms with E-state index in [2.05, 4.69) is 24.1 Å². The highest BCUT2D eigenvalue weighted by molar-refractivity contribution is 5.63. The van der Waals surface area contributed by atoms with Crippen molar-refractivity contribution in [2.45, 2.75) is 26.8 Å². The van der Waals surface area contributed by atoms with Gasteiger partial charge in [0.05, 0.1) is 4.92 Å². The van der Waals surface area contributed by atoms with Crippen LogP contribution in [0.2, 0.25) is 0 Å². The summed E-state index contributed by atoms with van der Waals surface area (Å²) >= 11 is 0. The first-order valence-electron chi connectivity index (χ1n) is 6.47. The van der Waals surface area contributed by atoms with Gasteiger partial charge in [-0.2, -0.15) is 0 Å². The van der Waals surface area contributed by atoms with E-state index in [0.717, 1.165) is 12.1 Å². The van der Waals surface area contributed by atoms with E-state index in [1.54, 1.807) is 12.1 Å². The zero-order chi connectivity index (χ0) is 14.6. The number of aryl methyl sites for hydroxylation is 1. The maximum Gasteiger partial charge on any atom is 0.292 e. The number of likely N-dealkylation sites (N-methyl/N-ethyl adjacent to an activating group) is 1. The minimum atomic E-state index is -0.331. The molecular weight excluding hydrogens is 242 g/mol. The smallest absolute Gasteiger partial charge is 0.292 e. The molecule has 0 aromatic heterocycles. The summed E-state index contributed by atoms with van der Waals surface area (Å²) in [6.07, 6.45) is 0. The van der Waals surface area contributed by atoms with Crippen LogP contribution in [0, 0.1) is 23.0 Å². The van der Waals surface area contributed by atoms with Crippen LogP contribution in [0.1, 0.15) is 19.4 Å². The molecule has 0 fully saturated rings. The molecule has 5 nitrogen and oxygen atoms in total. The van der Waals surface area contributed by atoms with Gasteiger partial charge in [0.25, 0.3) is 5.69 Å². The highest BCUT2D eigenvalue weighted by Gasteiger charge is 2.19. The van der Waals surface area contributed by atoms with Gasteiger partial charge in [-0.05, 0) is 38.6 Å². The Labute approximate surface area is 114 Å². The molecule has 0 amide bonds. The fourth-order valence-corrected chi connectivity index (χ4v) is 1.93. The summed E-state index contributed by atoms with van der Waals surface area (Å²) in [5.41, 5.74) is 1.63. The van der Waals surface area contributed by atoms with E-state index < -0.39 is 0 Å². The third-order valence-corrected chi connectivity index (χ3v) is 3.06. The fourth-order valence-electron chi connectivity index (χ4n) is 1.93. The zero-order valence-electron chi connectivity index (χ0n) is 12.3. The number of nitrogens with one attached hydrogen (secondary N) is 1. The highest BCUT2D eigenvalue weighted by Crippen LogP contribution is 2.27. The van der Waals surface area contributed by atoms with Crippen LogP contribution in [0.5, 0.6) is 0 Å². The van der Waals surface area contributed by atoms with Crippen LogP contribution < -0.4 is 5.32 Å². The number of anilines is 1. The van der Waals surface area contributed by atoms with Gasteiger partial charge in [0.15, 0.2) is 0 Å². The lowest BCUT2D eigenvalue weighted by atomic mass is 10.0. The van der Waals surface area contributed by atoms with E-state index in [9.17, 15) is 10.1 Å². The molecule has 1 unspecified atom stereocenters. The Hall–Kier alpha value is -1.62. The van der Waals surface area contributed by atoms with Crippen molar-refractivity contribution in [2.24, 2.45) is 5.92 Å². The van der Waals surface area contributed by atoms with E-state index in [1.165, 1.54) is 0 Å². The van der Waals surface area contributed by atoms with Gasteiger partial charge in [-0.1, -0.05) is 19.9 Å². The number of rotatable bonds is 6. The zero-order valence-corrected chi connectivity index (χ0v) is 12.3. The molecule has 0 saturated carbocycles. The van der Waals surface area contributed by atoms with Gasteiger partial charge in [0.2, 0.25) is 0 Å². The average molecular weight is 265 g/mol. The summed E-state index contributed by atoms with van der Waals surface area (Å²) in [4.78, 5) is 12.9. The lowest BCUT2D eigenvalue weighted by molar-refractivity contribution is -0.384. The van der Waals surface area contributed by atoms with Crippen LogP contribution in [0.3, 0.4) is 0 Å². The summed E-state index contributed by atoms with van der Waals surface area (Å²) in [6, 6.07) is 5.47. The quantitative estimate of drug-likeness (QED) is 0.634. The first kappa shape index (κ1) is 15.4. The summed E-state index contributed by atoms with van der Waals surface area (Å²) in [7, 11) is 4.00. The van der Waals surface area contributed by atoms with Crippen LogP contribution in [0.15, 0.2) is 18.2 Å². The molecule has 0 aliphatic carbocycles.